The molecule has 4 nitrogen and oxygen atoms in total. The van der Waals surface area contributed by atoms with Crippen molar-refractivity contribution in [1.29, 1.82) is 0 Å². The van der Waals surface area contributed by atoms with Crippen LogP contribution in [0.25, 0.3) is 0 Å². The van der Waals surface area contributed by atoms with E-state index in [1.807, 2.05) is 6.92 Å². The van der Waals surface area contributed by atoms with E-state index in [1.54, 1.807) is 12.4 Å². The van der Waals surface area contributed by atoms with Gasteiger partial charge in [-0.05, 0) is 26.3 Å². The van der Waals surface area contributed by atoms with E-state index in [0.717, 1.165) is 30.8 Å². The first-order valence-electron chi connectivity index (χ1n) is 5.39. The molecule has 1 aromatic rings. The van der Waals surface area contributed by atoms with Crippen molar-refractivity contribution < 1.29 is 5.11 Å². The van der Waals surface area contributed by atoms with Gasteiger partial charge >= 0.3 is 0 Å². The fraction of sp³-hybridized carbons (Fsp3) is 0.636. The summed E-state index contributed by atoms with van der Waals surface area (Å²) in [6.07, 6.45) is 5.95. The van der Waals surface area contributed by atoms with Gasteiger partial charge < -0.3 is 10.4 Å². The van der Waals surface area contributed by atoms with Gasteiger partial charge in [0, 0.05) is 25.4 Å². The molecular weight excluding hydrogens is 190 g/mol. The predicted molar refractivity (Wildman–Crippen MR) is 57.5 cm³/mol. The van der Waals surface area contributed by atoms with E-state index in [9.17, 15) is 5.11 Å². The lowest BCUT2D eigenvalue weighted by molar-refractivity contribution is 0.0160. The Morgan fingerprint density at radius 2 is 2.33 bits per heavy atom. The van der Waals surface area contributed by atoms with Gasteiger partial charge in [-0.1, -0.05) is 0 Å². The topological polar surface area (TPSA) is 58.0 Å². The fourth-order valence-corrected chi connectivity index (χ4v) is 1.95. The summed E-state index contributed by atoms with van der Waals surface area (Å²) in [7, 11) is 0. The second-order valence-corrected chi connectivity index (χ2v) is 4.33. The van der Waals surface area contributed by atoms with Crippen molar-refractivity contribution in [3.8, 4) is 0 Å². The second kappa shape index (κ2) is 4.24. The van der Waals surface area contributed by atoms with Gasteiger partial charge in [-0.25, -0.2) is 0 Å². The Bertz CT molecular complexity index is 317. The molecule has 0 radical (unpaired) electrons. The van der Waals surface area contributed by atoms with Gasteiger partial charge in [-0.3, -0.25) is 9.97 Å². The van der Waals surface area contributed by atoms with Crippen LogP contribution < -0.4 is 5.32 Å². The van der Waals surface area contributed by atoms with E-state index < -0.39 is 5.60 Å². The zero-order valence-corrected chi connectivity index (χ0v) is 9.03. The van der Waals surface area contributed by atoms with Gasteiger partial charge in [0.1, 0.15) is 0 Å². The highest BCUT2D eigenvalue weighted by molar-refractivity contribution is 5.05. The predicted octanol–water partition coefficient (Wildman–Crippen LogP) is 0.442. The number of nitrogens with zero attached hydrogens (tertiary/aromatic N) is 2. The molecule has 4 heteroatoms. The third-order valence-corrected chi connectivity index (χ3v) is 2.79. The van der Waals surface area contributed by atoms with E-state index >= 15 is 0 Å². The molecule has 1 aromatic heterocycles. The lowest BCUT2D eigenvalue weighted by atomic mass is 9.89. The van der Waals surface area contributed by atoms with Gasteiger partial charge in [-0.2, -0.15) is 0 Å². The van der Waals surface area contributed by atoms with Crippen LogP contribution in [-0.4, -0.2) is 33.8 Å². The normalized spacial score (nSPS) is 26.5. The fourth-order valence-electron chi connectivity index (χ4n) is 1.95. The Hall–Kier alpha value is -1.00. The summed E-state index contributed by atoms with van der Waals surface area (Å²) in [6.45, 7) is 3.57. The Kier molecular flexibility index (Phi) is 2.98. The molecule has 1 aliphatic heterocycles. The lowest BCUT2D eigenvalue weighted by Gasteiger charge is -2.32. The average molecular weight is 207 g/mol. The van der Waals surface area contributed by atoms with Gasteiger partial charge in [0.05, 0.1) is 17.0 Å². The minimum atomic E-state index is -0.637. The highest BCUT2D eigenvalue weighted by Crippen LogP contribution is 2.19. The van der Waals surface area contributed by atoms with Crippen LogP contribution in [-0.2, 0) is 6.42 Å². The number of aromatic nitrogens is 2. The van der Waals surface area contributed by atoms with Gasteiger partial charge in [-0.15, -0.1) is 0 Å². The molecule has 82 valence electrons. The summed E-state index contributed by atoms with van der Waals surface area (Å²) in [5, 5.41) is 13.5. The molecule has 1 aliphatic rings. The largest absolute Gasteiger partial charge is 0.388 e. The summed E-state index contributed by atoms with van der Waals surface area (Å²) in [5.41, 5.74) is 1.14. The Labute approximate surface area is 89.8 Å². The first-order valence-corrected chi connectivity index (χ1v) is 5.39. The summed E-state index contributed by atoms with van der Waals surface area (Å²) in [6, 6.07) is 0. The number of aliphatic hydroxyl groups is 1. The number of nitrogens with one attached hydrogen (secondary N) is 1. The SMILES string of the molecule is Cc1cnc(CC2(O)CCCNC2)cn1. The van der Waals surface area contributed by atoms with Crippen molar-refractivity contribution in [3.05, 3.63) is 23.8 Å². The number of aryl methyl sites for hydroxylation is 1. The van der Waals surface area contributed by atoms with E-state index in [-0.39, 0.29) is 0 Å². The standard InChI is InChI=1S/C11H17N3O/c1-9-6-14-10(7-13-9)5-11(15)3-2-4-12-8-11/h6-7,12,15H,2-5,8H2,1H3. The van der Waals surface area contributed by atoms with E-state index in [2.05, 4.69) is 15.3 Å². The number of β-amino-alcohol motifs (C(OH)–C–C–N with tert-alkyl or cyclic N) is 1. The van der Waals surface area contributed by atoms with Crippen molar-refractivity contribution in [2.75, 3.05) is 13.1 Å². The molecule has 15 heavy (non-hydrogen) atoms. The van der Waals surface area contributed by atoms with Crippen LogP contribution in [0.4, 0.5) is 0 Å². The number of hydrogen-bond acceptors (Lipinski definition) is 4. The molecule has 1 unspecified atom stereocenters. The summed E-state index contributed by atoms with van der Waals surface area (Å²) in [4.78, 5) is 8.45. The summed E-state index contributed by atoms with van der Waals surface area (Å²) < 4.78 is 0. The van der Waals surface area contributed by atoms with Crippen molar-refractivity contribution in [3.63, 3.8) is 0 Å². The molecule has 1 fully saturated rings. The van der Waals surface area contributed by atoms with E-state index in [0.29, 0.717) is 13.0 Å². The van der Waals surface area contributed by atoms with Crippen LogP contribution >= 0.6 is 0 Å². The van der Waals surface area contributed by atoms with Gasteiger partial charge in [0.15, 0.2) is 0 Å². The average Bonchev–Trinajstić information content (AvgIpc) is 2.22. The first-order chi connectivity index (χ1) is 7.18. The Morgan fingerprint density at radius 1 is 1.47 bits per heavy atom. The highest BCUT2D eigenvalue weighted by Gasteiger charge is 2.29. The molecule has 0 bridgehead atoms. The Morgan fingerprint density at radius 3 is 2.93 bits per heavy atom. The van der Waals surface area contributed by atoms with Crippen LogP contribution in [0.3, 0.4) is 0 Å². The molecule has 0 amide bonds. The van der Waals surface area contributed by atoms with Crippen LogP contribution in [0.15, 0.2) is 12.4 Å². The number of piperidine rings is 1. The quantitative estimate of drug-likeness (QED) is 0.739. The molecule has 0 aromatic carbocycles. The molecule has 0 aliphatic carbocycles. The van der Waals surface area contributed by atoms with Crippen LogP contribution in [0.5, 0.6) is 0 Å². The monoisotopic (exact) mass is 207 g/mol. The zero-order valence-electron chi connectivity index (χ0n) is 9.03. The van der Waals surface area contributed by atoms with Crippen LogP contribution in [0, 0.1) is 6.92 Å². The molecule has 0 spiro atoms. The van der Waals surface area contributed by atoms with Gasteiger partial charge in [0.25, 0.3) is 0 Å². The zero-order chi connectivity index (χ0) is 10.7. The first kappa shape index (κ1) is 10.5. The van der Waals surface area contributed by atoms with Gasteiger partial charge in [0.2, 0.25) is 0 Å². The third kappa shape index (κ3) is 2.73. The minimum absolute atomic E-state index is 0.591. The molecule has 0 saturated carbocycles. The molecule has 1 saturated heterocycles. The smallest absolute Gasteiger partial charge is 0.0827 e. The van der Waals surface area contributed by atoms with E-state index in [4.69, 9.17) is 0 Å². The molecule has 2 heterocycles. The van der Waals surface area contributed by atoms with E-state index in [1.165, 1.54) is 0 Å². The summed E-state index contributed by atoms with van der Waals surface area (Å²) >= 11 is 0. The maximum atomic E-state index is 10.3. The third-order valence-electron chi connectivity index (χ3n) is 2.79. The lowest BCUT2D eigenvalue weighted by Crippen LogP contribution is -2.47. The second-order valence-electron chi connectivity index (χ2n) is 4.33. The molecular formula is C11H17N3O. The molecule has 2 rings (SSSR count). The highest BCUT2D eigenvalue weighted by atomic mass is 16.3. The summed E-state index contributed by atoms with van der Waals surface area (Å²) in [5.74, 6) is 0. The van der Waals surface area contributed by atoms with Crippen LogP contribution in [0.1, 0.15) is 24.2 Å². The Balaban J connectivity index is 2.03. The minimum Gasteiger partial charge on any atom is -0.388 e. The molecule has 2 N–H and O–H groups in total. The van der Waals surface area contributed by atoms with Crippen molar-refractivity contribution >= 4 is 0 Å². The maximum absolute atomic E-state index is 10.3. The molecule has 1 atom stereocenters. The number of hydrogen-bond donors (Lipinski definition) is 2. The van der Waals surface area contributed by atoms with Crippen molar-refractivity contribution in [2.24, 2.45) is 0 Å². The van der Waals surface area contributed by atoms with Crippen molar-refractivity contribution in [1.82, 2.24) is 15.3 Å². The number of rotatable bonds is 2. The van der Waals surface area contributed by atoms with Crippen LogP contribution in [0.2, 0.25) is 0 Å². The maximum Gasteiger partial charge on any atom is 0.0827 e. The van der Waals surface area contributed by atoms with Crippen molar-refractivity contribution in [2.45, 2.75) is 31.8 Å².